The van der Waals surface area contributed by atoms with Crippen LogP contribution in [-0.2, 0) is 4.79 Å². The zero-order valence-electron chi connectivity index (χ0n) is 5.33. The van der Waals surface area contributed by atoms with E-state index in [1.165, 1.54) is 11.8 Å². The lowest BCUT2D eigenvalue weighted by molar-refractivity contribution is -0.133. The van der Waals surface area contributed by atoms with Crippen molar-refractivity contribution in [1.82, 2.24) is 0 Å². The summed E-state index contributed by atoms with van der Waals surface area (Å²) in [5.74, 6) is -0.696. The molecule has 0 aromatic rings. The molecule has 0 rings (SSSR count). The van der Waals surface area contributed by atoms with Gasteiger partial charge in [0.05, 0.1) is 13.6 Å². The summed E-state index contributed by atoms with van der Waals surface area (Å²) in [5.41, 5.74) is 0. The molecule has 0 aromatic heterocycles. The molecule has 2 nitrogen and oxygen atoms in total. The summed E-state index contributed by atoms with van der Waals surface area (Å²) in [5, 5.41) is 8.15. The Morgan fingerprint density at radius 3 is 2.78 bits per heavy atom. The largest absolute Gasteiger partial charge is 0.481 e. The van der Waals surface area contributed by atoms with Crippen molar-refractivity contribution in [3.63, 3.8) is 0 Å². The summed E-state index contributed by atoms with van der Waals surface area (Å²) in [6.07, 6.45) is 0.817. The molecule has 50 valence electrons. The molecule has 0 heterocycles. The minimum atomic E-state index is -0.802. The predicted octanol–water partition coefficient (Wildman–Crippen LogP) is 0.709. The van der Waals surface area contributed by atoms with Crippen LogP contribution in [0.15, 0.2) is 0 Å². The summed E-state index contributed by atoms with van der Waals surface area (Å²) in [7, 11) is 5.42. The Morgan fingerprint density at radius 2 is 2.44 bits per heavy atom. The smallest absolute Gasteiger partial charge is 0.313 e. The molecule has 0 aromatic carbocycles. The fourth-order valence-electron chi connectivity index (χ4n) is 0.296. The van der Waals surface area contributed by atoms with E-state index >= 15 is 0 Å². The van der Waals surface area contributed by atoms with E-state index in [0.29, 0.717) is 0 Å². The monoisotopic (exact) mass is 144 g/mol. The van der Waals surface area contributed by atoms with E-state index in [1.54, 1.807) is 0 Å². The lowest BCUT2D eigenvalue weighted by atomic mass is 10.0. The fourth-order valence-corrected chi connectivity index (χ4v) is 0.889. The van der Waals surface area contributed by atoms with E-state index in [9.17, 15) is 4.79 Å². The van der Waals surface area contributed by atoms with Crippen LogP contribution >= 0.6 is 11.8 Å². The third-order valence-corrected chi connectivity index (χ3v) is 2.00. The summed E-state index contributed by atoms with van der Waals surface area (Å²) in [4.78, 5) is 9.94. The molecule has 0 fully saturated rings. The average molecular weight is 144 g/mol. The summed E-state index contributed by atoms with van der Waals surface area (Å²) >= 11 is 1.26. The molecular formula is C5H9BO2S. The molecule has 9 heavy (non-hydrogen) atoms. The Bertz CT molecular complexity index is 97.0. The average Bonchev–Trinajstić information content (AvgIpc) is 1.83. The fraction of sp³-hybridized carbons (Fsp3) is 0.800. The maximum absolute atomic E-state index is 9.94. The number of thioether (sulfide) groups is 1. The van der Waals surface area contributed by atoms with Gasteiger partial charge in [0.15, 0.2) is 0 Å². The zero-order chi connectivity index (χ0) is 7.28. The van der Waals surface area contributed by atoms with E-state index in [0.717, 1.165) is 6.42 Å². The number of hydrogen-bond donors (Lipinski definition) is 1. The number of carboxylic acid groups (broad SMARTS) is 1. The van der Waals surface area contributed by atoms with Crippen LogP contribution in [0.25, 0.3) is 0 Å². The highest BCUT2D eigenvalue weighted by molar-refractivity contribution is 8.01. The van der Waals surface area contributed by atoms with Crippen molar-refractivity contribution < 1.29 is 9.90 Å². The molecule has 0 aliphatic carbocycles. The van der Waals surface area contributed by atoms with Gasteiger partial charge in [0.1, 0.15) is 0 Å². The van der Waals surface area contributed by atoms with Crippen LogP contribution in [0.2, 0.25) is 0 Å². The van der Waals surface area contributed by atoms with E-state index in [1.807, 2.05) is 6.92 Å². The molecule has 0 saturated heterocycles. The molecule has 0 aliphatic rings. The lowest BCUT2D eigenvalue weighted by Crippen LogP contribution is -2.06. The molecule has 0 saturated carbocycles. The molecule has 0 spiro atoms. The third kappa shape index (κ3) is 5.76. The normalized spacial score (nSPS) is 13.0. The Balaban J connectivity index is 3.16. The first kappa shape index (κ1) is 8.88. The van der Waals surface area contributed by atoms with Gasteiger partial charge in [0.2, 0.25) is 0 Å². The number of carboxylic acids is 1. The van der Waals surface area contributed by atoms with Crippen molar-refractivity contribution in [1.29, 1.82) is 0 Å². The summed E-state index contributed by atoms with van der Waals surface area (Å²) in [6.45, 7) is 1.93. The number of carbonyl (C=O) groups is 1. The van der Waals surface area contributed by atoms with Crippen LogP contribution in [0.1, 0.15) is 13.3 Å². The maximum atomic E-state index is 9.94. The lowest BCUT2D eigenvalue weighted by Gasteiger charge is -2.03. The molecule has 0 aliphatic heterocycles. The van der Waals surface area contributed by atoms with E-state index in [4.69, 9.17) is 13.0 Å². The molecule has 1 unspecified atom stereocenters. The van der Waals surface area contributed by atoms with Gasteiger partial charge in [-0.2, -0.15) is 11.8 Å². The first-order chi connectivity index (χ1) is 4.16. The van der Waals surface area contributed by atoms with Crippen molar-refractivity contribution in [2.24, 2.45) is 0 Å². The SMILES string of the molecule is [B]C(CC)SCC(=O)O. The molecular weight excluding hydrogens is 135 g/mol. The van der Waals surface area contributed by atoms with E-state index in [-0.39, 0.29) is 10.9 Å². The van der Waals surface area contributed by atoms with E-state index < -0.39 is 5.97 Å². The maximum Gasteiger partial charge on any atom is 0.313 e. The Kier molecular flexibility index (Phi) is 4.67. The minimum Gasteiger partial charge on any atom is -0.481 e. The van der Waals surface area contributed by atoms with Gasteiger partial charge in [0.25, 0.3) is 0 Å². The number of rotatable bonds is 4. The first-order valence-corrected chi connectivity index (χ1v) is 3.80. The Morgan fingerprint density at radius 1 is 1.89 bits per heavy atom. The topological polar surface area (TPSA) is 37.3 Å². The van der Waals surface area contributed by atoms with Gasteiger partial charge in [-0.3, -0.25) is 4.79 Å². The highest BCUT2D eigenvalue weighted by Crippen LogP contribution is 2.09. The predicted molar refractivity (Wildman–Crippen MR) is 39.9 cm³/mol. The second kappa shape index (κ2) is 4.73. The van der Waals surface area contributed by atoms with Gasteiger partial charge < -0.3 is 5.11 Å². The number of hydrogen-bond acceptors (Lipinski definition) is 2. The molecule has 2 radical (unpaired) electrons. The van der Waals surface area contributed by atoms with Crippen molar-refractivity contribution in [3.8, 4) is 0 Å². The van der Waals surface area contributed by atoms with E-state index in [2.05, 4.69) is 0 Å². The molecule has 0 bridgehead atoms. The second-order valence-corrected chi connectivity index (χ2v) is 2.88. The quantitative estimate of drug-likeness (QED) is 0.590. The highest BCUT2D eigenvalue weighted by Gasteiger charge is 2.01. The van der Waals surface area contributed by atoms with Crippen molar-refractivity contribution >= 4 is 25.6 Å². The van der Waals surface area contributed by atoms with Gasteiger partial charge in [0, 0.05) is 0 Å². The van der Waals surface area contributed by atoms with Crippen LogP contribution in [-0.4, -0.2) is 29.8 Å². The Hall–Kier alpha value is -0.115. The standard InChI is InChI=1S/C5H9BO2S/c1-2-4(6)9-3-5(7)8/h4H,2-3H2,1H3,(H,7,8). The van der Waals surface area contributed by atoms with Crippen LogP contribution in [0.3, 0.4) is 0 Å². The summed E-state index contributed by atoms with van der Waals surface area (Å²) in [6, 6.07) is 0. The van der Waals surface area contributed by atoms with Gasteiger partial charge in [-0.25, -0.2) is 0 Å². The van der Waals surface area contributed by atoms with Crippen LogP contribution < -0.4 is 0 Å². The minimum absolute atomic E-state index is 0.0268. The third-order valence-electron chi connectivity index (χ3n) is 0.823. The highest BCUT2D eigenvalue weighted by atomic mass is 32.2. The first-order valence-electron chi connectivity index (χ1n) is 2.75. The van der Waals surface area contributed by atoms with Gasteiger partial charge in [-0.15, -0.1) is 0 Å². The molecule has 1 N–H and O–H groups in total. The van der Waals surface area contributed by atoms with Gasteiger partial charge in [-0.05, 0) is 5.15 Å². The van der Waals surface area contributed by atoms with Crippen molar-refractivity contribution in [2.75, 3.05) is 5.75 Å². The van der Waals surface area contributed by atoms with Crippen LogP contribution in [0, 0.1) is 0 Å². The summed E-state index contributed by atoms with van der Waals surface area (Å²) < 4.78 is 0. The Labute approximate surface area is 60.4 Å². The van der Waals surface area contributed by atoms with Gasteiger partial charge in [-0.1, -0.05) is 13.3 Å². The van der Waals surface area contributed by atoms with Crippen molar-refractivity contribution in [2.45, 2.75) is 18.5 Å². The van der Waals surface area contributed by atoms with Crippen molar-refractivity contribution in [3.05, 3.63) is 0 Å². The van der Waals surface area contributed by atoms with Crippen LogP contribution in [0.4, 0.5) is 0 Å². The molecule has 1 atom stereocenters. The zero-order valence-corrected chi connectivity index (χ0v) is 6.15. The number of aliphatic carboxylic acids is 1. The molecule has 0 amide bonds. The van der Waals surface area contributed by atoms with Gasteiger partial charge >= 0.3 is 5.97 Å². The molecule has 4 heteroatoms. The van der Waals surface area contributed by atoms with Crippen LogP contribution in [0.5, 0.6) is 0 Å². The second-order valence-electron chi connectivity index (χ2n) is 1.65.